The van der Waals surface area contributed by atoms with E-state index in [4.69, 9.17) is 0 Å². The molecule has 1 aliphatic carbocycles. The Morgan fingerprint density at radius 2 is 1.90 bits per heavy atom. The van der Waals surface area contributed by atoms with Gasteiger partial charge in [0.05, 0.1) is 0 Å². The summed E-state index contributed by atoms with van der Waals surface area (Å²) in [4.78, 5) is 11.5. The molecule has 0 aromatic carbocycles. The second-order valence-corrected chi connectivity index (χ2v) is 6.31. The first-order chi connectivity index (χ1) is 10.1. The molecule has 0 spiro atoms. The number of nitrogens with one attached hydrogen (secondary N) is 1. The number of aromatic nitrogens is 2. The van der Waals surface area contributed by atoms with Crippen molar-refractivity contribution in [3.63, 3.8) is 0 Å². The van der Waals surface area contributed by atoms with Crippen molar-refractivity contribution in [1.29, 1.82) is 0 Å². The molecule has 4 nitrogen and oxygen atoms in total. The van der Waals surface area contributed by atoms with Gasteiger partial charge in [-0.15, -0.1) is 0 Å². The summed E-state index contributed by atoms with van der Waals surface area (Å²) < 4.78 is 0. The Hall–Kier alpha value is -1.32. The maximum Gasteiger partial charge on any atom is 0.224 e. The van der Waals surface area contributed by atoms with Gasteiger partial charge in [-0.2, -0.15) is 4.98 Å². The highest BCUT2D eigenvalue weighted by molar-refractivity contribution is 5.45. The van der Waals surface area contributed by atoms with Gasteiger partial charge in [0.25, 0.3) is 0 Å². The van der Waals surface area contributed by atoms with Crippen molar-refractivity contribution in [3.8, 4) is 0 Å². The van der Waals surface area contributed by atoms with Crippen LogP contribution in [0.15, 0.2) is 6.07 Å². The quantitative estimate of drug-likeness (QED) is 0.859. The van der Waals surface area contributed by atoms with E-state index in [1.165, 1.54) is 32.1 Å². The number of nitrogens with zero attached hydrogens (tertiary/aromatic N) is 3. The van der Waals surface area contributed by atoms with E-state index >= 15 is 0 Å². The predicted octanol–water partition coefficient (Wildman–Crippen LogP) is 4.01. The molecule has 2 rings (SSSR count). The minimum atomic E-state index is 0.626. The van der Waals surface area contributed by atoms with Crippen LogP contribution < -0.4 is 10.2 Å². The van der Waals surface area contributed by atoms with Gasteiger partial charge in [0.15, 0.2) is 0 Å². The monoisotopic (exact) mass is 290 g/mol. The third-order valence-corrected chi connectivity index (χ3v) is 4.68. The van der Waals surface area contributed by atoms with Crippen molar-refractivity contribution in [2.45, 2.75) is 65.3 Å². The van der Waals surface area contributed by atoms with Crippen LogP contribution in [0.2, 0.25) is 0 Å². The van der Waals surface area contributed by atoms with Crippen LogP contribution in [-0.4, -0.2) is 29.6 Å². The first kappa shape index (κ1) is 16.1. The van der Waals surface area contributed by atoms with Crippen molar-refractivity contribution >= 4 is 11.8 Å². The maximum atomic E-state index is 4.69. The minimum absolute atomic E-state index is 0.626. The maximum absolute atomic E-state index is 4.69. The molecule has 1 aromatic rings. The molecule has 1 heterocycles. The summed E-state index contributed by atoms with van der Waals surface area (Å²) in [6, 6.07) is 2.73. The molecule has 0 aliphatic heterocycles. The van der Waals surface area contributed by atoms with Crippen LogP contribution in [0.1, 0.15) is 58.1 Å². The Balaban J connectivity index is 2.04. The second kappa shape index (κ2) is 7.62. The zero-order chi connectivity index (χ0) is 15.2. The molecule has 0 radical (unpaired) electrons. The zero-order valence-electron chi connectivity index (χ0n) is 14.0. The minimum Gasteiger partial charge on any atom is -0.357 e. The van der Waals surface area contributed by atoms with Gasteiger partial charge in [-0.1, -0.05) is 20.3 Å². The highest BCUT2D eigenvalue weighted by atomic mass is 15.2. The molecule has 4 heteroatoms. The summed E-state index contributed by atoms with van der Waals surface area (Å²) >= 11 is 0. The molecule has 0 bridgehead atoms. The highest BCUT2D eigenvalue weighted by Crippen LogP contribution is 2.30. The molecule has 118 valence electrons. The third-order valence-electron chi connectivity index (χ3n) is 4.68. The lowest BCUT2D eigenvalue weighted by atomic mass is 9.84. The summed E-state index contributed by atoms with van der Waals surface area (Å²) in [6.07, 6.45) is 7.70. The van der Waals surface area contributed by atoms with Gasteiger partial charge in [0.1, 0.15) is 5.82 Å². The van der Waals surface area contributed by atoms with Crippen molar-refractivity contribution in [1.82, 2.24) is 9.97 Å². The third kappa shape index (κ3) is 4.32. The fraction of sp³-hybridized carbons (Fsp3) is 0.765. The fourth-order valence-electron chi connectivity index (χ4n) is 3.18. The lowest BCUT2D eigenvalue weighted by molar-refractivity contribution is 0.313. The first-order valence-electron chi connectivity index (χ1n) is 8.46. The van der Waals surface area contributed by atoms with Crippen LogP contribution >= 0.6 is 0 Å². The Morgan fingerprint density at radius 1 is 1.19 bits per heavy atom. The van der Waals surface area contributed by atoms with Crippen molar-refractivity contribution < 1.29 is 0 Å². The Morgan fingerprint density at radius 3 is 2.52 bits per heavy atom. The summed E-state index contributed by atoms with van der Waals surface area (Å²) in [5.74, 6) is 2.76. The predicted molar refractivity (Wildman–Crippen MR) is 90.0 cm³/mol. The fourth-order valence-corrected chi connectivity index (χ4v) is 3.18. The summed E-state index contributed by atoms with van der Waals surface area (Å²) in [5.41, 5.74) is 1.03. The molecule has 1 aliphatic rings. The molecule has 1 fully saturated rings. The van der Waals surface area contributed by atoms with Crippen LogP contribution in [0.5, 0.6) is 0 Å². The number of rotatable bonds is 6. The van der Waals surface area contributed by atoms with Crippen molar-refractivity contribution in [2.24, 2.45) is 5.92 Å². The van der Waals surface area contributed by atoms with Gasteiger partial charge >= 0.3 is 0 Å². The van der Waals surface area contributed by atoms with Crippen LogP contribution in [0, 0.1) is 12.8 Å². The SMILES string of the molecule is CCCNc1nc(C)cc(N(C)C2CCC(CC)CC2)n1. The Labute approximate surface area is 129 Å². The van der Waals surface area contributed by atoms with Crippen LogP contribution in [0.3, 0.4) is 0 Å². The molecule has 0 saturated heterocycles. The summed E-state index contributed by atoms with van der Waals surface area (Å²) in [5, 5.41) is 3.30. The molecule has 0 amide bonds. The van der Waals surface area contributed by atoms with E-state index in [9.17, 15) is 0 Å². The molecule has 1 aromatic heterocycles. The molecular weight excluding hydrogens is 260 g/mol. The van der Waals surface area contributed by atoms with E-state index in [0.29, 0.717) is 6.04 Å². The van der Waals surface area contributed by atoms with Gasteiger partial charge in [0, 0.05) is 31.4 Å². The van der Waals surface area contributed by atoms with Gasteiger partial charge in [-0.3, -0.25) is 0 Å². The molecule has 21 heavy (non-hydrogen) atoms. The second-order valence-electron chi connectivity index (χ2n) is 6.31. The van der Waals surface area contributed by atoms with E-state index in [-0.39, 0.29) is 0 Å². The number of hydrogen-bond acceptors (Lipinski definition) is 4. The van der Waals surface area contributed by atoms with Crippen molar-refractivity contribution in [2.75, 3.05) is 23.8 Å². The smallest absolute Gasteiger partial charge is 0.224 e. The number of hydrogen-bond donors (Lipinski definition) is 1. The average molecular weight is 290 g/mol. The largest absolute Gasteiger partial charge is 0.357 e. The topological polar surface area (TPSA) is 41.1 Å². The van der Waals surface area contributed by atoms with Gasteiger partial charge < -0.3 is 10.2 Å². The molecular formula is C17H30N4. The average Bonchev–Trinajstić information content (AvgIpc) is 2.51. The van der Waals surface area contributed by atoms with E-state index in [2.05, 4.69) is 47.1 Å². The highest BCUT2D eigenvalue weighted by Gasteiger charge is 2.24. The van der Waals surface area contributed by atoms with Crippen LogP contribution in [0.25, 0.3) is 0 Å². The summed E-state index contributed by atoms with van der Waals surface area (Å²) in [6.45, 7) is 7.44. The van der Waals surface area contributed by atoms with Gasteiger partial charge in [-0.25, -0.2) is 4.98 Å². The van der Waals surface area contributed by atoms with Gasteiger partial charge in [-0.05, 0) is 44.9 Å². The molecule has 0 unspecified atom stereocenters. The normalized spacial score (nSPS) is 22.1. The summed E-state index contributed by atoms with van der Waals surface area (Å²) in [7, 11) is 2.18. The molecule has 1 saturated carbocycles. The van der Waals surface area contributed by atoms with E-state index in [1.807, 2.05) is 6.92 Å². The zero-order valence-corrected chi connectivity index (χ0v) is 14.0. The lowest BCUT2D eigenvalue weighted by Gasteiger charge is -2.35. The lowest BCUT2D eigenvalue weighted by Crippen LogP contribution is -2.35. The number of anilines is 2. The van der Waals surface area contributed by atoms with E-state index in [0.717, 1.165) is 36.3 Å². The number of aryl methyl sites for hydroxylation is 1. The first-order valence-corrected chi connectivity index (χ1v) is 8.46. The Kier molecular flexibility index (Phi) is 5.83. The van der Waals surface area contributed by atoms with Gasteiger partial charge in [0.2, 0.25) is 5.95 Å². The van der Waals surface area contributed by atoms with Crippen molar-refractivity contribution in [3.05, 3.63) is 11.8 Å². The Bertz CT molecular complexity index is 438. The van der Waals surface area contributed by atoms with Crippen LogP contribution in [0.4, 0.5) is 11.8 Å². The van der Waals surface area contributed by atoms with E-state index < -0.39 is 0 Å². The molecule has 1 N–H and O–H groups in total. The van der Waals surface area contributed by atoms with Crippen LogP contribution in [-0.2, 0) is 0 Å². The molecule has 0 atom stereocenters. The standard InChI is InChI=1S/C17H30N4/c1-5-11-18-17-19-13(3)12-16(20-17)21(4)15-9-7-14(6-2)8-10-15/h12,14-15H,5-11H2,1-4H3,(H,18,19,20). The van der Waals surface area contributed by atoms with E-state index in [1.54, 1.807) is 0 Å².